The van der Waals surface area contributed by atoms with Gasteiger partial charge in [0.25, 0.3) is 5.91 Å². The van der Waals surface area contributed by atoms with Gasteiger partial charge < -0.3 is 19.8 Å². The van der Waals surface area contributed by atoms with Gasteiger partial charge in [0, 0.05) is 18.5 Å². The number of phenols is 1. The number of hydrogen-bond acceptors (Lipinski definition) is 7. The van der Waals surface area contributed by atoms with Gasteiger partial charge in [-0.25, -0.2) is 0 Å². The van der Waals surface area contributed by atoms with E-state index >= 15 is 0 Å². The van der Waals surface area contributed by atoms with Crippen LogP contribution in [-0.4, -0.2) is 68.4 Å². The van der Waals surface area contributed by atoms with Crippen LogP contribution in [0.25, 0.3) is 17.0 Å². The number of fused-ring (bicyclic) bond motifs is 1. The predicted molar refractivity (Wildman–Crippen MR) is 128 cm³/mol. The minimum Gasteiger partial charge on any atom is -0.508 e. The summed E-state index contributed by atoms with van der Waals surface area (Å²) in [5.74, 6) is -0.813. The topological polar surface area (TPSA) is 100 Å². The van der Waals surface area contributed by atoms with Crippen LogP contribution in [-0.2, 0) is 22.3 Å². The molecule has 0 aliphatic carbocycles. The molecular formula is C24H21F3N4O4S. The van der Waals surface area contributed by atoms with Crippen LogP contribution in [0.4, 0.5) is 13.2 Å². The number of amides is 1. The molecular weight excluding hydrogens is 497 g/mol. The second-order valence-corrected chi connectivity index (χ2v) is 9.40. The fourth-order valence-corrected chi connectivity index (χ4v) is 5.09. The first-order valence-corrected chi connectivity index (χ1v) is 11.9. The minimum atomic E-state index is -4.61. The van der Waals surface area contributed by atoms with Crippen LogP contribution in [0.15, 0.2) is 52.5 Å². The predicted octanol–water partition coefficient (Wildman–Crippen LogP) is 3.47. The van der Waals surface area contributed by atoms with E-state index in [1.54, 1.807) is 30.5 Å². The first-order chi connectivity index (χ1) is 17.2. The number of phenolic OH excluding ortho intramolecular Hbond substituents is 1. The van der Waals surface area contributed by atoms with Crippen LogP contribution in [0.3, 0.4) is 0 Å². The number of thioether (sulfide) groups is 1. The van der Waals surface area contributed by atoms with Crippen molar-refractivity contribution in [2.75, 3.05) is 26.3 Å². The van der Waals surface area contributed by atoms with Gasteiger partial charge in [-0.15, -0.1) is 0 Å². The molecule has 0 spiro atoms. The lowest BCUT2D eigenvalue weighted by Gasteiger charge is -2.32. The lowest BCUT2D eigenvalue weighted by atomic mass is 10.1. The average Bonchev–Trinajstić information content (AvgIpc) is 3.42. The number of aliphatic hydroxyl groups is 1. The number of aliphatic imine (C=N–C) groups is 1. The fourth-order valence-electron chi connectivity index (χ4n) is 4.14. The van der Waals surface area contributed by atoms with Crippen LogP contribution in [0, 0.1) is 0 Å². The molecule has 5 rings (SSSR count). The average molecular weight is 519 g/mol. The molecule has 1 amide bonds. The van der Waals surface area contributed by atoms with E-state index in [4.69, 9.17) is 4.74 Å². The number of halogens is 3. The minimum absolute atomic E-state index is 0.0133. The van der Waals surface area contributed by atoms with E-state index in [9.17, 15) is 28.2 Å². The van der Waals surface area contributed by atoms with Crippen LogP contribution >= 0.6 is 11.8 Å². The number of rotatable bonds is 4. The largest absolute Gasteiger partial charge is 0.508 e. The molecule has 2 aliphatic rings. The summed E-state index contributed by atoms with van der Waals surface area (Å²) in [6.45, 7) is 1.23. The van der Waals surface area contributed by atoms with E-state index in [0.717, 1.165) is 5.56 Å². The highest BCUT2D eigenvalue weighted by atomic mass is 32.2. The molecule has 3 heterocycles. The van der Waals surface area contributed by atoms with E-state index in [-0.39, 0.29) is 30.7 Å². The Morgan fingerprint density at radius 3 is 2.83 bits per heavy atom. The lowest BCUT2D eigenvalue weighted by molar-refractivity contribution is -0.138. The molecule has 2 aromatic carbocycles. The number of carbonyl (C=O) groups is 1. The molecule has 0 saturated carbocycles. The monoisotopic (exact) mass is 518 g/mol. The number of ether oxygens (including phenoxy) is 1. The molecule has 1 atom stereocenters. The maximum atomic E-state index is 13.4. The van der Waals surface area contributed by atoms with E-state index in [0.29, 0.717) is 46.7 Å². The number of aromatic hydroxyl groups is 1. The van der Waals surface area contributed by atoms with E-state index in [1.165, 1.54) is 28.6 Å². The number of alkyl halides is 3. The standard InChI is InChI=1S/C24H21F3N4O4S/c25-24(26,27)19-9-17(33)3-2-15(19)11-31-20-4-1-14(7-16(20)10-28-31)8-21-22(34)29-23(36-21)30-5-6-35-18(12-30)13-32/h1-4,7-10,18,32-33H,5-6,11-13H2/b21-8-/t18-/m1/s1. The van der Waals surface area contributed by atoms with Crippen molar-refractivity contribution in [1.82, 2.24) is 14.7 Å². The van der Waals surface area contributed by atoms with Gasteiger partial charge in [0.05, 0.1) is 48.0 Å². The molecule has 3 aromatic rings. The molecule has 0 unspecified atom stereocenters. The molecule has 0 radical (unpaired) electrons. The summed E-state index contributed by atoms with van der Waals surface area (Å²) < 4.78 is 47.2. The number of amidine groups is 1. The summed E-state index contributed by atoms with van der Waals surface area (Å²) in [6, 6.07) is 8.46. The number of nitrogens with zero attached hydrogens (tertiary/aromatic N) is 4. The summed E-state index contributed by atoms with van der Waals surface area (Å²) >= 11 is 1.25. The smallest absolute Gasteiger partial charge is 0.416 e. The molecule has 1 saturated heterocycles. The Hall–Kier alpha value is -3.35. The second kappa shape index (κ2) is 9.60. The Labute approximate surface area is 207 Å². The van der Waals surface area contributed by atoms with E-state index < -0.39 is 17.5 Å². The van der Waals surface area contributed by atoms with E-state index in [1.807, 2.05) is 4.90 Å². The van der Waals surface area contributed by atoms with Gasteiger partial charge in [-0.05, 0) is 53.2 Å². The van der Waals surface area contributed by atoms with Crippen molar-refractivity contribution in [2.45, 2.75) is 18.8 Å². The zero-order chi connectivity index (χ0) is 25.4. The summed E-state index contributed by atoms with van der Waals surface area (Å²) in [5, 5.41) is 24.3. The summed E-state index contributed by atoms with van der Waals surface area (Å²) in [5.41, 5.74) is 0.431. The van der Waals surface area contributed by atoms with Crippen LogP contribution < -0.4 is 0 Å². The highest BCUT2D eigenvalue weighted by Crippen LogP contribution is 2.35. The van der Waals surface area contributed by atoms with Crippen LogP contribution in [0.2, 0.25) is 0 Å². The van der Waals surface area contributed by atoms with Crippen molar-refractivity contribution in [3.8, 4) is 5.75 Å². The molecule has 36 heavy (non-hydrogen) atoms. The van der Waals surface area contributed by atoms with E-state index in [2.05, 4.69) is 10.1 Å². The van der Waals surface area contributed by atoms with Crippen molar-refractivity contribution in [2.24, 2.45) is 4.99 Å². The molecule has 188 valence electrons. The highest BCUT2D eigenvalue weighted by Gasteiger charge is 2.34. The molecule has 1 aromatic heterocycles. The van der Waals surface area contributed by atoms with Crippen LogP contribution in [0.1, 0.15) is 16.7 Å². The third-order valence-electron chi connectivity index (χ3n) is 5.90. The fraction of sp³-hybridized carbons (Fsp3) is 0.292. The number of benzene rings is 2. The molecule has 0 bridgehead atoms. The third-order valence-corrected chi connectivity index (χ3v) is 6.95. The molecule has 2 N–H and O–H groups in total. The molecule has 12 heteroatoms. The van der Waals surface area contributed by atoms with Gasteiger partial charge in [-0.1, -0.05) is 12.1 Å². The second-order valence-electron chi connectivity index (χ2n) is 8.39. The van der Waals surface area contributed by atoms with Crippen molar-refractivity contribution in [3.63, 3.8) is 0 Å². The van der Waals surface area contributed by atoms with Crippen molar-refractivity contribution in [1.29, 1.82) is 0 Å². The van der Waals surface area contributed by atoms with Gasteiger partial charge in [0.2, 0.25) is 0 Å². The van der Waals surface area contributed by atoms with Gasteiger partial charge in [-0.3, -0.25) is 9.48 Å². The SMILES string of the molecule is O=C1N=C(N2CCO[C@@H](CO)C2)S/C1=C\c1ccc2c(cnn2Cc2ccc(O)cc2C(F)(F)F)c1. The molecule has 8 nitrogen and oxygen atoms in total. The maximum absolute atomic E-state index is 13.4. The Balaban J connectivity index is 1.35. The van der Waals surface area contributed by atoms with Crippen molar-refractivity contribution >= 4 is 39.8 Å². The Bertz CT molecular complexity index is 1390. The number of aliphatic hydroxyl groups excluding tert-OH is 1. The zero-order valence-corrected chi connectivity index (χ0v) is 19.6. The lowest BCUT2D eigenvalue weighted by Crippen LogP contribution is -2.45. The third kappa shape index (κ3) is 4.97. The van der Waals surface area contributed by atoms with Gasteiger partial charge in [0.15, 0.2) is 5.17 Å². The van der Waals surface area contributed by atoms with Crippen molar-refractivity contribution in [3.05, 3.63) is 64.2 Å². The normalized spacial score (nSPS) is 19.9. The highest BCUT2D eigenvalue weighted by molar-refractivity contribution is 8.18. The Morgan fingerprint density at radius 1 is 1.22 bits per heavy atom. The number of aromatic nitrogens is 2. The quantitative estimate of drug-likeness (QED) is 0.510. The molecule has 2 aliphatic heterocycles. The number of carbonyl (C=O) groups excluding carboxylic acids is 1. The van der Waals surface area contributed by atoms with Crippen LogP contribution in [0.5, 0.6) is 5.75 Å². The summed E-state index contributed by atoms with van der Waals surface area (Å²) in [6.07, 6.45) is -1.66. The van der Waals surface area contributed by atoms with Crippen molar-refractivity contribution < 1.29 is 32.9 Å². The zero-order valence-electron chi connectivity index (χ0n) is 18.8. The Kier molecular flexibility index (Phi) is 6.49. The number of hydrogen-bond donors (Lipinski definition) is 2. The first-order valence-electron chi connectivity index (χ1n) is 11.1. The van der Waals surface area contributed by atoms with Gasteiger partial charge in [0.1, 0.15) is 5.75 Å². The summed E-state index contributed by atoms with van der Waals surface area (Å²) in [4.78, 5) is 19.0. The van der Waals surface area contributed by atoms with Gasteiger partial charge in [-0.2, -0.15) is 23.3 Å². The Morgan fingerprint density at radius 2 is 2.06 bits per heavy atom. The van der Waals surface area contributed by atoms with Gasteiger partial charge >= 0.3 is 6.18 Å². The molecule has 1 fully saturated rings. The first kappa shape index (κ1) is 24.3. The maximum Gasteiger partial charge on any atom is 0.416 e. The summed E-state index contributed by atoms with van der Waals surface area (Å²) in [7, 11) is 0. The number of morpholine rings is 1.